The lowest BCUT2D eigenvalue weighted by Crippen LogP contribution is -2.21. The van der Waals surface area contributed by atoms with Crippen LogP contribution in [0.5, 0.6) is 5.75 Å². The Morgan fingerprint density at radius 1 is 0.919 bits per heavy atom. The van der Waals surface area contributed by atoms with Crippen molar-refractivity contribution in [1.82, 2.24) is 20.2 Å². The van der Waals surface area contributed by atoms with E-state index in [2.05, 4.69) is 45.0 Å². The van der Waals surface area contributed by atoms with Crippen LogP contribution in [0.4, 0.5) is 0 Å². The van der Waals surface area contributed by atoms with E-state index in [9.17, 15) is 4.79 Å². The van der Waals surface area contributed by atoms with Crippen molar-refractivity contribution in [3.8, 4) is 22.8 Å². The first-order chi connectivity index (χ1) is 18.1. The van der Waals surface area contributed by atoms with Crippen molar-refractivity contribution in [2.75, 3.05) is 12.9 Å². The Labute approximate surface area is 219 Å². The summed E-state index contributed by atoms with van der Waals surface area (Å²) in [7, 11) is 1.63. The summed E-state index contributed by atoms with van der Waals surface area (Å²) >= 11 is 1.30. The largest absolute Gasteiger partial charge is 0.497 e. The first-order valence-electron chi connectivity index (χ1n) is 11.7. The minimum atomic E-state index is -0.226. The van der Waals surface area contributed by atoms with Crippen LogP contribution >= 0.6 is 11.8 Å². The van der Waals surface area contributed by atoms with Crippen molar-refractivity contribution >= 4 is 34.2 Å². The third kappa shape index (κ3) is 5.54. The summed E-state index contributed by atoms with van der Waals surface area (Å²) in [5.74, 6) is 1.36. The van der Waals surface area contributed by atoms with Gasteiger partial charge in [0.15, 0.2) is 11.0 Å². The van der Waals surface area contributed by atoms with Crippen LogP contribution in [0.15, 0.2) is 107 Å². The number of fused-ring (bicyclic) bond motifs is 1. The lowest BCUT2D eigenvalue weighted by atomic mass is 10.0. The number of thioether (sulfide) groups is 1. The van der Waals surface area contributed by atoms with E-state index in [1.807, 2.05) is 84.3 Å². The van der Waals surface area contributed by atoms with Crippen molar-refractivity contribution in [1.29, 1.82) is 0 Å². The summed E-state index contributed by atoms with van der Waals surface area (Å²) in [5, 5.41) is 16.0. The quantitative estimate of drug-likeness (QED) is 0.165. The third-order valence-electron chi connectivity index (χ3n) is 5.84. The number of carbonyl (C=O) groups is 1. The molecule has 0 bridgehead atoms. The summed E-state index contributed by atoms with van der Waals surface area (Å²) in [5.41, 5.74) is 6.16. The van der Waals surface area contributed by atoms with Crippen LogP contribution < -0.4 is 10.2 Å². The number of ether oxygens (including phenoxy) is 1. The Morgan fingerprint density at radius 2 is 1.65 bits per heavy atom. The highest BCUT2D eigenvalue weighted by Gasteiger charge is 2.17. The zero-order valence-corrected chi connectivity index (χ0v) is 21.3. The molecule has 0 aliphatic heterocycles. The van der Waals surface area contributed by atoms with Gasteiger partial charge in [0.1, 0.15) is 5.75 Å². The highest BCUT2D eigenvalue weighted by molar-refractivity contribution is 7.99. The number of amides is 1. The molecule has 1 heterocycles. The molecule has 4 aromatic carbocycles. The van der Waals surface area contributed by atoms with Gasteiger partial charge in [0.2, 0.25) is 0 Å². The number of benzene rings is 4. The van der Waals surface area contributed by atoms with Crippen molar-refractivity contribution in [3.05, 3.63) is 103 Å². The molecule has 0 spiro atoms. The van der Waals surface area contributed by atoms with Gasteiger partial charge >= 0.3 is 0 Å². The maximum absolute atomic E-state index is 12.7. The first-order valence-corrected chi connectivity index (χ1v) is 12.7. The molecule has 5 rings (SSSR count). The molecule has 37 heavy (non-hydrogen) atoms. The number of hydrazone groups is 1. The molecule has 184 valence electrons. The van der Waals surface area contributed by atoms with Gasteiger partial charge in [-0.3, -0.25) is 9.36 Å². The smallest absolute Gasteiger partial charge is 0.250 e. The molecule has 0 unspecified atom stereocenters. The van der Waals surface area contributed by atoms with Crippen molar-refractivity contribution in [2.24, 2.45) is 5.10 Å². The number of aromatic nitrogens is 3. The van der Waals surface area contributed by atoms with E-state index < -0.39 is 0 Å². The lowest BCUT2D eigenvalue weighted by Gasteiger charge is -2.11. The van der Waals surface area contributed by atoms with E-state index in [1.54, 1.807) is 7.11 Å². The molecule has 0 radical (unpaired) electrons. The van der Waals surface area contributed by atoms with Gasteiger partial charge in [0.05, 0.1) is 18.6 Å². The average molecular weight is 508 g/mol. The fraction of sp³-hybridized carbons (Fsp3) is 0.103. The number of nitrogens with one attached hydrogen (secondary N) is 1. The topological polar surface area (TPSA) is 81.4 Å². The SMILES string of the molecule is COc1ccc(-n2c(SCC(=O)N/N=C(/C)c3ccc4ccccc4c3)nnc2-c2ccccc2)cc1. The van der Waals surface area contributed by atoms with E-state index >= 15 is 0 Å². The van der Waals surface area contributed by atoms with E-state index in [1.165, 1.54) is 11.8 Å². The number of nitrogens with zero attached hydrogens (tertiary/aromatic N) is 4. The number of hydrogen-bond acceptors (Lipinski definition) is 6. The molecule has 0 atom stereocenters. The van der Waals surface area contributed by atoms with E-state index in [-0.39, 0.29) is 11.7 Å². The summed E-state index contributed by atoms with van der Waals surface area (Å²) in [6.07, 6.45) is 0. The lowest BCUT2D eigenvalue weighted by molar-refractivity contribution is -0.118. The summed E-state index contributed by atoms with van der Waals surface area (Å²) in [4.78, 5) is 12.7. The maximum atomic E-state index is 12.7. The maximum Gasteiger partial charge on any atom is 0.250 e. The van der Waals surface area contributed by atoms with Gasteiger partial charge in [-0.25, -0.2) is 5.43 Å². The summed E-state index contributed by atoms with van der Waals surface area (Å²) in [6, 6.07) is 31.8. The van der Waals surface area contributed by atoms with Crippen molar-refractivity contribution in [2.45, 2.75) is 12.1 Å². The Morgan fingerprint density at radius 3 is 2.41 bits per heavy atom. The fourth-order valence-electron chi connectivity index (χ4n) is 3.89. The van der Waals surface area contributed by atoms with Crippen LogP contribution in [0.25, 0.3) is 27.8 Å². The normalized spacial score (nSPS) is 11.5. The molecule has 1 amide bonds. The van der Waals surface area contributed by atoms with Gasteiger partial charge < -0.3 is 4.74 Å². The number of methoxy groups -OCH3 is 1. The highest BCUT2D eigenvalue weighted by Crippen LogP contribution is 2.28. The van der Waals surface area contributed by atoms with E-state index in [0.29, 0.717) is 11.0 Å². The molecule has 5 aromatic rings. The minimum Gasteiger partial charge on any atom is -0.497 e. The summed E-state index contributed by atoms with van der Waals surface area (Å²) in [6.45, 7) is 1.88. The number of carbonyl (C=O) groups excluding carboxylic acids is 1. The molecule has 0 aliphatic rings. The van der Waals surface area contributed by atoms with Crippen LogP contribution in [0.3, 0.4) is 0 Å². The van der Waals surface area contributed by atoms with E-state index in [0.717, 1.165) is 39.0 Å². The molecule has 8 heteroatoms. The van der Waals surface area contributed by atoms with Crippen LogP contribution in [-0.2, 0) is 4.79 Å². The van der Waals surface area contributed by atoms with Crippen LogP contribution in [-0.4, -0.2) is 39.2 Å². The Hall–Kier alpha value is -4.43. The second kappa shape index (κ2) is 11.1. The number of rotatable bonds is 8. The molecule has 7 nitrogen and oxygen atoms in total. The van der Waals surface area contributed by atoms with Crippen LogP contribution in [0.2, 0.25) is 0 Å². The molecular weight excluding hydrogens is 482 g/mol. The van der Waals surface area contributed by atoms with Crippen LogP contribution in [0.1, 0.15) is 12.5 Å². The Bertz CT molecular complexity index is 1560. The van der Waals surface area contributed by atoms with Gasteiger partial charge in [0, 0.05) is 11.3 Å². The zero-order chi connectivity index (χ0) is 25.6. The monoisotopic (exact) mass is 507 g/mol. The van der Waals surface area contributed by atoms with Crippen molar-refractivity contribution in [3.63, 3.8) is 0 Å². The zero-order valence-electron chi connectivity index (χ0n) is 20.5. The average Bonchev–Trinajstić information content (AvgIpc) is 3.39. The second-order valence-electron chi connectivity index (χ2n) is 8.29. The minimum absolute atomic E-state index is 0.136. The molecule has 1 aromatic heterocycles. The molecule has 0 fully saturated rings. The molecule has 0 saturated carbocycles. The molecule has 0 aliphatic carbocycles. The van der Waals surface area contributed by atoms with Crippen LogP contribution in [0, 0.1) is 0 Å². The second-order valence-corrected chi connectivity index (χ2v) is 9.23. The standard InChI is InChI=1S/C29H25N5O2S/c1-20(23-13-12-21-8-6-7-11-24(21)18-23)30-31-27(35)19-37-29-33-32-28(22-9-4-3-5-10-22)34(29)25-14-16-26(36-2)17-15-25/h3-18H,19H2,1-2H3,(H,31,35)/b30-20-. The van der Waals surface area contributed by atoms with Gasteiger partial charge in [0.25, 0.3) is 5.91 Å². The van der Waals surface area contributed by atoms with E-state index in [4.69, 9.17) is 4.74 Å². The third-order valence-corrected chi connectivity index (χ3v) is 6.77. The predicted octanol–water partition coefficient (Wildman–Crippen LogP) is 5.73. The first kappa shape index (κ1) is 24.3. The van der Waals surface area contributed by atoms with Gasteiger partial charge in [-0.15, -0.1) is 10.2 Å². The van der Waals surface area contributed by atoms with Gasteiger partial charge in [-0.1, -0.05) is 78.5 Å². The molecule has 0 saturated heterocycles. The number of hydrogen-bond donors (Lipinski definition) is 1. The Balaban J connectivity index is 1.32. The van der Waals surface area contributed by atoms with Crippen molar-refractivity contribution < 1.29 is 9.53 Å². The van der Waals surface area contributed by atoms with Gasteiger partial charge in [-0.2, -0.15) is 5.10 Å². The molecular formula is C29H25N5O2S. The fourth-order valence-corrected chi connectivity index (χ4v) is 4.63. The summed E-state index contributed by atoms with van der Waals surface area (Å²) < 4.78 is 7.24. The van der Waals surface area contributed by atoms with Gasteiger partial charge in [-0.05, 0) is 53.6 Å². The Kier molecular flexibility index (Phi) is 7.28. The molecule has 1 N–H and O–H groups in total. The predicted molar refractivity (Wildman–Crippen MR) is 148 cm³/mol. The highest BCUT2D eigenvalue weighted by atomic mass is 32.2.